The number of hydrogen-bond acceptors (Lipinski definition) is 6. The van der Waals surface area contributed by atoms with Crippen LogP contribution in [0.25, 0.3) is 10.2 Å². The number of benzene rings is 1. The fourth-order valence-corrected chi connectivity index (χ4v) is 3.96. The van der Waals surface area contributed by atoms with Gasteiger partial charge < -0.3 is 9.64 Å². The number of aryl methyl sites for hydroxylation is 2. The lowest BCUT2D eigenvalue weighted by atomic mass is 10.2. The highest BCUT2D eigenvalue weighted by Crippen LogP contribution is 2.32. The summed E-state index contributed by atoms with van der Waals surface area (Å²) in [6.07, 6.45) is 2.57. The number of carbonyl (C=O) groups excluding carboxylic acids is 1. The quantitative estimate of drug-likeness (QED) is 0.624. The van der Waals surface area contributed by atoms with Crippen molar-refractivity contribution >= 4 is 32.6 Å². The lowest BCUT2D eigenvalue weighted by Crippen LogP contribution is -2.35. The lowest BCUT2D eigenvalue weighted by molar-refractivity contribution is 0.0976. The summed E-state index contributed by atoms with van der Waals surface area (Å²) in [5.41, 5.74) is 2.32. The van der Waals surface area contributed by atoms with Crippen LogP contribution in [-0.4, -0.2) is 59.9 Å². The van der Waals surface area contributed by atoms with Crippen molar-refractivity contribution in [3.8, 4) is 5.75 Å². The molecule has 0 spiro atoms. The zero-order valence-electron chi connectivity index (χ0n) is 16.4. The van der Waals surface area contributed by atoms with Gasteiger partial charge in [0.25, 0.3) is 5.91 Å². The van der Waals surface area contributed by atoms with E-state index < -0.39 is 0 Å². The molecular weight excluding hydrogens is 362 g/mol. The minimum Gasteiger partial charge on any atom is -0.497 e. The molecule has 3 aromatic rings. The van der Waals surface area contributed by atoms with Crippen molar-refractivity contribution in [1.29, 1.82) is 0 Å². The van der Waals surface area contributed by atoms with Crippen LogP contribution < -0.4 is 9.64 Å². The first kappa shape index (κ1) is 19.3. The highest BCUT2D eigenvalue weighted by atomic mass is 32.1. The number of fused-ring (bicyclic) bond motifs is 1. The van der Waals surface area contributed by atoms with Gasteiger partial charge in [0.15, 0.2) is 5.13 Å². The number of ether oxygens (including phenoxy) is 1. The Balaban J connectivity index is 1.97. The van der Waals surface area contributed by atoms with E-state index in [-0.39, 0.29) is 5.91 Å². The van der Waals surface area contributed by atoms with E-state index in [0.717, 1.165) is 34.5 Å². The SMILES string of the molecule is COc1ccc2nc(N(CCCN(C)C)C(=O)c3c(C)cnn3C)sc2c1. The molecule has 0 fully saturated rings. The summed E-state index contributed by atoms with van der Waals surface area (Å²) in [5, 5.41) is 4.91. The number of thiazole rings is 1. The summed E-state index contributed by atoms with van der Waals surface area (Å²) >= 11 is 1.50. The maximum atomic E-state index is 13.3. The molecule has 0 aliphatic rings. The first-order valence-electron chi connectivity index (χ1n) is 8.80. The highest BCUT2D eigenvalue weighted by molar-refractivity contribution is 7.22. The summed E-state index contributed by atoms with van der Waals surface area (Å²) < 4.78 is 7.93. The summed E-state index contributed by atoms with van der Waals surface area (Å²) in [5.74, 6) is 0.711. The Morgan fingerprint density at radius 2 is 2.07 bits per heavy atom. The molecule has 0 bridgehead atoms. The molecule has 1 aromatic carbocycles. The second-order valence-electron chi connectivity index (χ2n) is 6.74. The Bertz CT molecular complexity index is 927. The predicted octanol–water partition coefficient (Wildman–Crippen LogP) is 2.95. The number of rotatable bonds is 7. The van der Waals surface area contributed by atoms with Gasteiger partial charge in [-0.2, -0.15) is 5.10 Å². The van der Waals surface area contributed by atoms with Crippen molar-refractivity contribution in [3.63, 3.8) is 0 Å². The van der Waals surface area contributed by atoms with Gasteiger partial charge >= 0.3 is 0 Å². The van der Waals surface area contributed by atoms with Gasteiger partial charge in [0.05, 0.1) is 23.5 Å². The zero-order chi connectivity index (χ0) is 19.6. The number of hydrogen-bond donors (Lipinski definition) is 0. The second-order valence-corrected chi connectivity index (χ2v) is 7.75. The Morgan fingerprint density at radius 3 is 2.70 bits per heavy atom. The van der Waals surface area contributed by atoms with Crippen molar-refractivity contribution in [2.24, 2.45) is 7.05 Å². The second kappa shape index (κ2) is 8.06. The molecule has 0 aliphatic carbocycles. The standard InChI is InChI=1S/C19H25N5O2S/c1-13-12-20-23(4)17(13)18(25)24(10-6-9-22(2)3)19-21-15-8-7-14(26-5)11-16(15)27-19/h7-8,11-12H,6,9-10H2,1-5H3. The number of aromatic nitrogens is 3. The average Bonchev–Trinajstić information content (AvgIpc) is 3.20. The van der Waals surface area contributed by atoms with Crippen LogP contribution in [0.4, 0.5) is 5.13 Å². The van der Waals surface area contributed by atoms with Crippen LogP contribution in [0.2, 0.25) is 0 Å². The molecule has 0 atom stereocenters. The van der Waals surface area contributed by atoms with Gasteiger partial charge in [-0.15, -0.1) is 0 Å². The minimum absolute atomic E-state index is 0.0720. The Hall–Kier alpha value is -2.45. The molecule has 0 aliphatic heterocycles. The van der Waals surface area contributed by atoms with E-state index in [1.807, 2.05) is 39.2 Å². The number of nitrogens with zero attached hydrogens (tertiary/aromatic N) is 5. The maximum absolute atomic E-state index is 13.3. The molecule has 8 heteroatoms. The molecule has 0 saturated carbocycles. The van der Waals surface area contributed by atoms with Crippen LogP contribution in [0.3, 0.4) is 0 Å². The van der Waals surface area contributed by atoms with E-state index in [1.54, 1.807) is 29.9 Å². The average molecular weight is 388 g/mol. The molecule has 0 unspecified atom stereocenters. The molecule has 2 heterocycles. The van der Waals surface area contributed by atoms with E-state index in [2.05, 4.69) is 10.00 Å². The summed E-state index contributed by atoms with van der Waals surface area (Å²) in [4.78, 5) is 21.9. The molecule has 0 radical (unpaired) electrons. The summed E-state index contributed by atoms with van der Waals surface area (Å²) in [6.45, 7) is 3.40. The third kappa shape index (κ3) is 4.12. The third-order valence-electron chi connectivity index (χ3n) is 4.37. The van der Waals surface area contributed by atoms with Crippen LogP contribution in [0, 0.1) is 6.92 Å². The molecule has 0 N–H and O–H groups in total. The zero-order valence-corrected chi connectivity index (χ0v) is 17.2. The third-order valence-corrected chi connectivity index (χ3v) is 5.41. The van der Waals surface area contributed by atoms with Gasteiger partial charge in [-0.1, -0.05) is 11.3 Å². The fraction of sp³-hybridized carbons (Fsp3) is 0.421. The number of amides is 1. The molecule has 3 rings (SSSR count). The van der Waals surface area contributed by atoms with Gasteiger partial charge in [0, 0.05) is 13.6 Å². The molecule has 2 aromatic heterocycles. The number of carbonyl (C=O) groups is 1. The largest absolute Gasteiger partial charge is 0.497 e. The first-order chi connectivity index (χ1) is 12.9. The maximum Gasteiger partial charge on any atom is 0.278 e. The van der Waals surface area contributed by atoms with E-state index in [0.29, 0.717) is 17.4 Å². The molecule has 144 valence electrons. The normalized spacial score (nSPS) is 11.3. The Morgan fingerprint density at radius 1 is 1.30 bits per heavy atom. The van der Waals surface area contributed by atoms with Crippen LogP contribution in [0.15, 0.2) is 24.4 Å². The van der Waals surface area contributed by atoms with Crippen LogP contribution in [-0.2, 0) is 7.05 Å². The Labute approximate surface area is 163 Å². The van der Waals surface area contributed by atoms with E-state index in [9.17, 15) is 4.79 Å². The van der Waals surface area contributed by atoms with E-state index in [4.69, 9.17) is 9.72 Å². The summed E-state index contributed by atoms with van der Waals surface area (Å²) in [7, 11) is 7.50. The van der Waals surface area contributed by atoms with Gasteiger partial charge in [-0.05, 0) is 57.7 Å². The monoisotopic (exact) mass is 387 g/mol. The van der Waals surface area contributed by atoms with Gasteiger partial charge in [0.1, 0.15) is 11.4 Å². The van der Waals surface area contributed by atoms with Crippen LogP contribution >= 0.6 is 11.3 Å². The van der Waals surface area contributed by atoms with Gasteiger partial charge in [0.2, 0.25) is 0 Å². The highest BCUT2D eigenvalue weighted by Gasteiger charge is 2.25. The molecule has 27 heavy (non-hydrogen) atoms. The van der Waals surface area contributed by atoms with Crippen molar-refractivity contribution in [1.82, 2.24) is 19.7 Å². The lowest BCUT2D eigenvalue weighted by Gasteiger charge is -2.21. The van der Waals surface area contributed by atoms with E-state index >= 15 is 0 Å². The van der Waals surface area contributed by atoms with E-state index in [1.165, 1.54) is 11.3 Å². The molecule has 1 amide bonds. The van der Waals surface area contributed by atoms with Crippen molar-refractivity contribution in [3.05, 3.63) is 35.7 Å². The molecule has 0 saturated heterocycles. The molecular formula is C19H25N5O2S. The fourth-order valence-electron chi connectivity index (χ4n) is 2.95. The van der Waals surface area contributed by atoms with Gasteiger partial charge in [-0.25, -0.2) is 4.98 Å². The van der Waals surface area contributed by atoms with Crippen molar-refractivity contribution < 1.29 is 9.53 Å². The molecule has 7 nitrogen and oxygen atoms in total. The predicted molar refractivity (Wildman–Crippen MR) is 109 cm³/mol. The Kier molecular flexibility index (Phi) is 5.76. The van der Waals surface area contributed by atoms with Crippen molar-refractivity contribution in [2.45, 2.75) is 13.3 Å². The topological polar surface area (TPSA) is 63.5 Å². The van der Waals surface area contributed by atoms with Gasteiger partial charge in [-0.3, -0.25) is 14.4 Å². The first-order valence-corrected chi connectivity index (χ1v) is 9.62. The number of methoxy groups -OCH3 is 1. The van der Waals surface area contributed by atoms with Crippen LogP contribution in [0.1, 0.15) is 22.5 Å². The van der Waals surface area contributed by atoms with Crippen LogP contribution in [0.5, 0.6) is 5.75 Å². The smallest absolute Gasteiger partial charge is 0.278 e. The minimum atomic E-state index is -0.0720. The summed E-state index contributed by atoms with van der Waals surface area (Å²) in [6, 6.07) is 5.76. The van der Waals surface area contributed by atoms with Crippen molar-refractivity contribution in [2.75, 3.05) is 39.2 Å². The number of anilines is 1.